The van der Waals surface area contributed by atoms with Crippen LogP contribution in [0.1, 0.15) is 21.9 Å². The number of carboxylic acid groups (broad SMARTS) is 1. The molecule has 0 aromatic carbocycles. The van der Waals surface area contributed by atoms with E-state index >= 15 is 0 Å². The summed E-state index contributed by atoms with van der Waals surface area (Å²) in [5, 5.41) is 13.1. The van der Waals surface area contributed by atoms with E-state index in [0.29, 0.717) is 24.5 Å². The van der Waals surface area contributed by atoms with Gasteiger partial charge >= 0.3 is 5.97 Å². The Morgan fingerprint density at radius 1 is 1.42 bits per heavy atom. The van der Waals surface area contributed by atoms with Crippen LogP contribution in [-0.2, 0) is 13.5 Å². The number of rotatable bonds is 5. The number of aromatic carboxylic acids is 1. The maximum atomic E-state index is 11.1. The fraction of sp³-hybridized carbons (Fsp3) is 0.308. The molecule has 6 nitrogen and oxygen atoms in total. The number of aryl methyl sites for hydroxylation is 2. The predicted octanol–water partition coefficient (Wildman–Crippen LogP) is 1.44. The second-order valence-electron chi connectivity index (χ2n) is 4.15. The first-order valence-electron chi connectivity index (χ1n) is 5.88. The van der Waals surface area contributed by atoms with E-state index in [-0.39, 0.29) is 5.69 Å². The quantitative estimate of drug-likeness (QED) is 0.881. The standard InChI is InChI=1S/C13H15N3O3/c1-9-3-4-11(12(15-9)13(17)18)19-8-6-10-5-7-14-16(10)2/h3-5,7H,6,8H2,1-2H3,(H,17,18). The molecular formula is C13H15N3O3. The lowest BCUT2D eigenvalue weighted by Gasteiger charge is -2.09. The number of ether oxygens (including phenoxy) is 1. The van der Waals surface area contributed by atoms with Gasteiger partial charge in [-0.25, -0.2) is 9.78 Å². The molecule has 2 aromatic heterocycles. The molecule has 0 saturated carbocycles. The second kappa shape index (κ2) is 5.51. The van der Waals surface area contributed by atoms with Gasteiger partial charge in [0.25, 0.3) is 0 Å². The van der Waals surface area contributed by atoms with Crippen LogP contribution in [0.5, 0.6) is 5.75 Å². The van der Waals surface area contributed by atoms with Crippen molar-refractivity contribution in [1.29, 1.82) is 0 Å². The average Bonchev–Trinajstić information content (AvgIpc) is 2.77. The van der Waals surface area contributed by atoms with Gasteiger partial charge in [0, 0.05) is 31.1 Å². The third-order valence-corrected chi connectivity index (χ3v) is 2.74. The third kappa shape index (κ3) is 3.09. The third-order valence-electron chi connectivity index (χ3n) is 2.74. The van der Waals surface area contributed by atoms with E-state index in [1.165, 1.54) is 0 Å². The van der Waals surface area contributed by atoms with Gasteiger partial charge < -0.3 is 9.84 Å². The van der Waals surface area contributed by atoms with Crippen molar-refractivity contribution in [2.75, 3.05) is 6.61 Å². The average molecular weight is 261 g/mol. The summed E-state index contributed by atoms with van der Waals surface area (Å²) in [5.41, 5.74) is 1.62. The first-order chi connectivity index (χ1) is 9.08. The minimum absolute atomic E-state index is 0.0509. The Hall–Kier alpha value is -2.37. The monoisotopic (exact) mass is 261 g/mol. The maximum Gasteiger partial charge on any atom is 0.358 e. The first kappa shape index (κ1) is 13.1. The van der Waals surface area contributed by atoms with Gasteiger partial charge in [-0.2, -0.15) is 5.10 Å². The zero-order chi connectivity index (χ0) is 13.8. The molecule has 0 fully saturated rings. The Morgan fingerprint density at radius 2 is 2.21 bits per heavy atom. The molecule has 2 rings (SSSR count). The van der Waals surface area contributed by atoms with E-state index in [2.05, 4.69) is 10.1 Å². The number of hydrogen-bond acceptors (Lipinski definition) is 4. The number of carbonyl (C=O) groups is 1. The van der Waals surface area contributed by atoms with Crippen LogP contribution < -0.4 is 4.74 Å². The van der Waals surface area contributed by atoms with Crippen molar-refractivity contribution in [3.05, 3.63) is 41.5 Å². The lowest BCUT2D eigenvalue weighted by molar-refractivity contribution is 0.0685. The van der Waals surface area contributed by atoms with Gasteiger partial charge in [0.15, 0.2) is 11.4 Å². The summed E-state index contributed by atoms with van der Waals surface area (Å²) in [4.78, 5) is 15.0. The molecular weight excluding hydrogens is 246 g/mol. The zero-order valence-electron chi connectivity index (χ0n) is 10.8. The van der Waals surface area contributed by atoms with Crippen LogP contribution in [0.4, 0.5) is 0 Å². The van der Waals surface area contributed by atoms with E-state index in [4.69, 9.17) is 9.84 Å². The number of carboxylic acids is 1. The van der Waals surface area contributed by atoms with Gasteiger partial charge in [-0.15, -0.1) is 0 Å². The molecule has 0 radical (unpaired) electrons. The zero-order valence-corrected chi connectivity index (χ0v) is 10.8. The first-order valence-corrected chi connectivity index (χ1v) is 5.88. The van der Waals surface area contributed by atoms with Crippen LogP contribution in [0.2, 0.25) is 0 Å². The highest BCUT2D eigenvalue weighted by Gasteiger charge is 2.13. The maximum absolute atomic E-state index is 11.1. The summed E-state index contributed by atoms with van der Waals surface area (Å²) in [5.74, 6) is -0.792. The summed E-state index contributed by atoms with van der Waals surface area (Å²) in [7, 11) is 1.85. The van der Waals surface area contributed by atoms with Crippen LogP contribution >= 0.6 is 0 Å². The van der Waals surface area contributed by atoms with Crippen molar-refractivity contribution in [3.8, 4) is 5.75 Å². The molecule has 1 N–H and O–H groups in total. The van der Waals surface area contributed by atoms with Gasteiger partial charge in [-0.1, -0.05) is 0 Å². The molecule has 19 heavy (non-hydrogen) atoms. The highest BCUT2D eigenvalue weighted by molar-refractivity contribution is 5.88. The fourth-order valence-electron chi connectivity index (χ4n) is 1.73. The topological polar surface area (TPSA) is 77.2 Å². The smallest absolute Gasteiger partial charge is 0.358 e. The summed E-state index contributed by atoms with van der Waals surface area (Å²) in [6.07, 6.45) is 2.37. The van der Waals surface area contributed by atoms with E-state index in [1.54, 1.807) is 29.9 Å². The highest BCUT2D eigenvalue weighted by Crippen LogP contribution is 2.17. The van der Waals surface area contributed by atoms with Gasteiger partial charge in [-0.05, 0) is 25.1 Å². The molecule has 0 aliphatic heterocycles. The molecule has 2 heterocycles. The lowest BCUT2D eigenvalue weighted by atomic mass is 10.3. The van der Waals surface area contributed by atoms with Crippen molar-refractivity contribution in [3.63, 3.8) is 0 Å². The molecule has 0 unspecified atom stereocenters. The van der Waals surface area contributed by atoms with E-state index in [0.717, 1.165) is 5.69 Å². The minimum Gasteiger partial charge on any atom is -0.491 e. The van der Waals surface area contributed by atoms with E-state index in [9.17, 15) is 4.79 Å². The Labute approximate surface area is 110 Å². The normalized spacial score (nSPS) is 10.4. The Balaban J connectivity index is 2.03. The van der Waals surface area contributed by atoms with Gasteiger partial charge in [0.2, 0.25) is 0 Å². The lowest BCUT2D eigenvalue weighted by Crippen LogP contribution is -2.10. The second-order valence-corrected chi connectivity index (χ2v) is 4.15. The summed E-state index contributed by atoms with van der Waals surface area (Å²) in [6.45, 7) is 2.12. The largest absolute Gasteiger partial charge is 0.491 e. The highest BCUT2D eigenvalue weighted by atomic mass is 16.5. The molecule has 6 heteroatoms. The molecule has 0 aliphatic rings. The molecule has 0 amide bonds. The molecule has 0 saturated heterocycles. The van der Waals surface area contributed by atoms with Crippen molar-refractivity contribution in [1.82, 2.24) is 14.8 Å². The number of nitrogens with zero attached hydrogens (tertiary/aromatic N) is 3. The Morgan fingerprint density at radius 3 is 2.84 bits per heavy atom. The van der Waals surface area contributed by atoms with Crippen LogP contribution in [0.15, 0.2) is 24.4 Å². The number of hydrogen-bond donors (Lipinski definition) is 1. The summed E-state index contributed by atoms with van der Waals surface area (Å²) in [6, 6.07) is 5.26. The van der Waals surface area contributed by atoms with Crippen molar-refractivity contribution >= 4 is 5.97 Å². The number of aromatic nitrogens is 3. The van der Waals surface area contributed by atoms with Crippen molar-refractivity contribution < 1.29 is 14.6 Å². The predicted molar refractivity (Wildman–Crippen MR) is 68.3 cm³/mol. The Kier molecular flexibility index (Phi) is 3.79. The van der Waals surface area contributed by atoms with Crippen molar-refractivity contribution in [2.45, 2.75) is 13.3 Å². The van der Waals surface area contributed by atoms with Gasteiger partial charge in [0.1, 0.15) is 0 Å². The van der Waals surface area contributed by atoms with Crippen LogP contribution in [0, 0.1) is 6.92 Å². The van der Waals surface area contributed by atoms with Crippen LogP contribution in [0.3, 0.4) is 0 Å². The van der Waals surface area contributed by atoms with Crippen molar-refractivity contribution in [2.24, 2.45) is 7.05 Å². The number of pyridine rings is 1. The van der Waals surface area contributed by atoms with Crippen LogP contribution in [0.25, 0.3) is 0 Å². The molecule has 0 spiro atoms. The SMILES string of the molecule is Cc1ccc(OCCc2ccnn2C)c(C(=O)O)n1. The summed E-state index contributed by atoms with van der Waals surface area (Å²) < 4.78 is 7.26. The molecule has 0 bridgehead atoms. The Bertz CT molecular complexity index is 593. The van der Waals surface area contributed by atoms with E-state index < -0.39 is 5.97 Å². The fourth-order valence-corrected chi connectivity index (χ4v) is 1.73. The molecule has 100 valence electrons. The van der Waals surface area contributed by atoms with Crippen LogP contribution in [-0.4, -0.2) is 32.4 Å². The minimum atomic E-state index is -1.08. The van der Waals surface area contributed by atoms with Gasteiger partial charge in [0.05, 0.1) is 6.61 Å². The van der Waals surface area contributed by atoms with Gasteiger partial charge in [-0.3, -0.25) is 4.68 Å². The molecule has 2 aromatic rings. The van der Waals surface area contributed by atoms with E-state index in [1.807, 2.05) is 13.1 Å². The summed E-state index contributed by atoms with van der Waals surface area (Å²) >= 11 is 0. The molecule has 0 atom stereocenters. The molecule has 0 aliphatic carbocycles.